The molecule has 0 aromatic rings. The van der Waals surface area contributed by atoms with Crippen LogP contribution in [0.3, 0.4) is 0 Å². The molecule has 5 heteroatoms. The van der Waals surface area contributed by atoms with Crippen LogP contribution < -0.4 is 11.5 Å². The zero-order valence-electron chi connectivity index (χ0n) is 10.6. The fourth-order valence-electron chi connectivity index (χ4n) is 1.81. The highest BCUT2D eigenvalue weighted by Crippen LogP contribution is 2.19. The Morgan fingerprint density at radius 1 is 1.31 bits per heavy atom. The Morgan fingerprint density at radius 2 is 1.88 bits per heavy atom. The Hall–Kier alpha value is -0.810. The van der Waals surface area contributed by atoms with Crippen molar-refractivity contribution in [3.63, 3.8) is 0 Å². The maximum atomic E-state index is 11.9. The maximum Gasteiger partial charge on any atom is 0.410 e. The Morgan fingerprint density at radius 3 is 2.38 bits per heavy atom. The summed E-state index contributed by atoms with van der Waals surface area (Å²) in [6.07, 6.45) is 0.419. The third-order valence-electron chi connectivity index (χ3n) is 2.73. The number of nitrogens with two attached hydrogens (primary N) is 2. The number of rotatable bonds is 0. The van der Waals surface area contributed by atoms with Crippen molar-refractivity contribution in [2.75, 3.05) is 6.54 Å². The van der Waals surface area contributed by atoms with E-state index in [9.17, 15) is 4.79 Å². The van der Waals surface area contributed by atoms with Crippen LogP contribution in [-0.4, -0.2) is 41.3 Å². The first-order valence-corrected chi connectivity index (χ1v) is 5.71. The number of likely N-dealkylation sites (tertiary alicyclic amines) is 1. The number of nitrogens with zero attached hydrogens (tertiary/aromatic N) is 1. The number of carbonyl (C=O) groups is 1. The van der Waals surface area contributed by atoms with Crippen molar-refractivity contribution in [1.29, 1.82) is 0 Å². The van der Waals surface area contributed by atoms with Gasteiger partial charge in [-0.05, 0) is 34.1 Å². The quantitative estimate of drug-likeness (QED) is 0.639. The van der Waals surface area contributed by atoms with E-state index in [2.05, 4.69) is 0 Å². The molecule has 5 nitrogen and oxygen atoms in total. The smallest absolute Gasteiger partial charge is 0.410 e. The van der Waals surface area contributed by atoms with Crippen LogP contribution in [0.15, 0.2) is 0 Å². The van der Waals surface area contributed by atoms with Gasteiger partial charge in [0, 0.05) is 24.7 Å². The van der Waals surface area contributed by atoms with Crippen LogP contribution in [0.25, 0.3) is 0 Å². The Balaban J connectivity index is 2.62. The summed E-state index contributed by atoms with van der Waals surface area (Å²) in [5.74, 6) is 0. The predicted octanol–water partition coefficient (Wildman–Crippen LogP) is 0.670. The molecule has 0 saturated carbocycles. The van der Waals surface area contributed by atoms with Gasteiger partial charge in [-0.2, -0.15) is 0 Å². The molecule has 1 rings (SSSR count). The van der Waals surface area contributed by atoms with E-state index in [4.69, 9.17) is 16.2 Å². The lowest BCUT2D eigenvalue weighted by molar-refractivity contribution is 0.00824. The molecule has 3 atom stereocenters. The van der Waals surface area contributed by atoms with Gasteiger partial charge in [0.25, 0.3) is 0 Å². The third kappa shape index (κ3) is 3.35. The van der Waals surface area contributed by atoms with Gasteiger partial charge < -0.3 is 21.1 Å². The Kier molecular flexibility index (Phi) is 3.80. The van der Waals surface area contributed by atoms with E-state index in [1.807, 2.05) is 27.7 Å². The van der Waals surface area contributed by atoms with E-state index in [0.717, 1.165) is 6.42 Å². The molecule has 1 aliphatic rings. The second kappa shape index (κ2) is 4.59. The molecule has 1 fully saturated rings. The minimum atomic E-state index is -0.472. The molecule has 4 N–H and O–H groups in total. The topological polar surface area (TPSA) is 81.6 Å². The molecular formula is C11H23N3O2. The highest BCUT2D eigenvalue weighted by atomic mass is 16.6. The number of hydrogen-bond acceptors (Lipinski definition) is 4. The van der Waals surface area contributed by atoms with Gasteiger partial charge in [0.15, 0.2) is 0 Å². The minimum absolute atomic E-state index is 0.0336. The lowest BCUT2D eigenvalue weighted by Gasteiger charge is -2.40. The number of hydrogen-bond donors (Lipinski definition) is 2. The number of ether oxygens (including phenoxy) is 1. The lowest BCUT2D eigenvalue weighted by Crippen LogP contribution is -2.60. The second-order valence-corrected chi connectivity index (χ2v) is 5.55. The molecule has 0 aromatic carbocycles. The maximum absolute atomic E-state index is 11.9. The van der Waals surface area contributed by atoms with E-state index < -0.39 is 5.60 Å². The van der Waals surface area contributed by atoms with Crippen molar-refractivity contribution in [2.45, 2.75) is 57.8 Å². The van der Waals surface area contributed by atoms with Gasteiger partial charge in [-0.1, -0.05) is 0 Å². The van der Waals surface area contributed by atoms with E-state index in [1.165, 1.54) is 0 Å². The molecule has 1 aliphatic heterocycles. The third-order valence-corrected chi connectivity index (χ3v) is 2.73. The summed E-state index contributed by atoms with van der Waals surface area (Å²) >= 11 is 0. The van der Waals surface area contributed by atoms with Crippen molar-refractivity contribution in [3.8, 4) is 0 Å². The number of piperidine rings is 1. The average molecular weight is 229 g/mol. The van der Waals surface area contributed by atoms with E-state index in [0.29, 0.717) is 6.54 Å². The molecule has 16 heavy (non-hydrogen) atoms. The molecule has 0 unspecified atom stereocenters. The first-order valence-electron chi connectivity index (χ1n) is 5.71. The molecule has 94 valence electrons. The summed E-state index contributed by atoms with van der Waals surface area (Å²) in [5.41, 5.74) is 11.2. The number of amides is 1. The second-order valence-electron chi connectivity index (χ2n) is 5.55. The lowest BCUT2D eigenvalue weighted by atomic mass is 9.96. The van der Waals surface area contributed by atoms with Crippen LogP contribution >= 0.6 is 0 Å². The van der Waals surface area contributed by atoms with Gasteiger partial charge in [0.05, 0.1) is 0 Å². The fraction of sp³-hybridized carbons (Fsp3) is 0.909. The van der Waals surface area contributed by atoms with Crippen LogP contribution in [0.2, 0.25) is 0 Å². The van der Waals surface area contributed by atoms with Crippen LogP contribution in [-0.2, 0) is 4.74 Å². The van der Waals surface area contributed by atoms with Crippen LogP contribution in [0, 0.1) is 0 Å². The van der Waals surface area contributed by atoms with Crippen molar-refractivity contribution in [3.05, 3.63) is 0 Å². The average Bonchev–Trinajstić information content (AvgIpc) is 2.08. The molecular weight excluding hydrogens is 206 g/mol. The summed E-state index contributed by atoms with van der Waals surface area (Å²) in [6.45, 7) is 7.99. The van der Waals surface area contributed by atoms with Gasteiger partial charge >= 0.3 is 6.09 Å². The van der Waals surface area contributed by atoms with Gasteiger partial charge in [-0.3, -0.25) is 0 Å². The van der Waals surface area contributed by atoms with Crippen LogP contribution in [0.4, 0.5) is 4.79 Å². The Labute approximate surface area is 97.1 Å². The normalized spacial score (nSPS) is 31.4. The highest BCUT2D eigenvalue weighted by Gasteiger charge is 2.34. The summed E-state index contributed by atoms with van der Waals surface area (Å²) in [7, 11) is 0. The van der Waals surface area contributed by atoms with Crippen LogP contribution in [0.1, 0.15) is 34.1 Å². The zero-order chi connectivity index (χ0) is 12.5. The van der Waals surface area contributed by atoms with Gasteiger partial charge in [-0.15, -0.1) is 0 Å². The molecule has 0 spiro atoms. The molecule has 0 aliphatic carbocycles. The van der Waals surface area contributed by atoms with Crippen molar-refractivity contribution >= 4 is 6.09 Å². The minimum Gasteiger partial charge on any atom is -0.444 e. The largest absolute Gasteiger partial charge is 0.444 e. The molecule has 1 saturated heterocycles. The van der Waals surface area contributed by atoms with E-state index >= 15 is 0 Å². The summed E-state index contributed by atoms with van der Waals surface area (Å²) in [5, 5.41) is 0. The first kappa shape index (κ1) is 13.3. The molecule has 1 heterocycles. The first-order chi connectivity index (χ1) is 7.20. The van der Waals surface area contributed by atoms with Crippen molar-refractivity contribution in [1.82, 2.24) is 4.90 Å². The SMILES string of the molecule is C[C@H]1C[C@@H](N)[C@@H](N)CN1C(=O)OC(C)(C)C. The summed E-state index contributed by atoms with van der Waals surface area (Å²) in [6, 6.07) is -0.109. The zero-order valence-corrected chi connectivity index (χ0v) is 10.6. The highest BCUT2D eigenvalue weighted by molar-refractivity contribution is 5.68. The Bertz CT molecular complexity index is 262. The fourth-order valence-corrected chi connectivity index (χ4v) is 1.81. The van der Waals surface area contributed by atoms with Gasteiger partial charge in [-0.25, -0.2) is 4.79 Å². The van der Waals surface area contributed by atoms with Gasteiger partial charge in [0.1, 0.15) is 5.60 Å². The predicted molar refractivity (Wildman–Crippen MR) is 63.0 cm³/mol. The standard InChI is InChI=1S/C11H23N3O2/c1-7-5-8(12)9(13)6-14(7)10(15)16-11(2,3)4/h7-9H,5-6,12-13H2,1-4H3/t7-,8+,9-/m0/s1. The molecule has 1 amide bonds. The van der Waals surface area contributed by atoms with E-state index in [1.54, 1.807) is 4.90 Å². The molecule has 0 aromatic heterocycles. The summed E-state index contributed by atoms with van der Waals surface area (Å²) < 4.78 is 5.32. The summed E-state index contributed by atoms with van der Waals surface area (Å²) in [4.78, 5) is 13.5. The van der Waals surface area contributed by atoms with Gasteiger partial charge in [0.2, 0.25) is 0 Å². The van der Waals surface area contributed by atoms with E-state index in [-0.39, 0.29) is 24.2 Å². The number of carbonyl (C=O) groups excluding carboxylic acids is 1. The van der Waals surface area contributed by atoms with Crippen molar-refractivity contribution < 1.29 is 9.53 Å². The van der Waals surface area contributed by atoms with Crippen LogP contribution in [0.5, 0.6) is 0 Å². The molecule has 0 bridgehead atoms. The van der Waals surface area contributed by atoms with Crippen molar-refractivity contribution in [2.24, 2.45) is 11.5 Å². The molecule has 0 radical (unpaired) electrons. The monoisotopic (exact) mass is 229 g/mol.